The molecule has 2 amide bonds. The quantitative estimate of drug-likeness (QED) is 0.311. The second-order valence-electron chi connectivity index (χ2n) is 10.7. The molecule has 0 aliphatic rings. The predicted octanol–water partition coefficient (Wildman–Crippen LogP) is 5.57. The SMILES string of the molecule is CCC(C(=O)NC(C)(C)C)N(Cc1cccc(OC)c1)C(=O)CN(c1cccc(Cl)c1C)S(=O)(=O)c1ccccc1. The number of hydrogen-bond donors (Lipinski definition) is 1. The Morgan fingerprint density at radius 2 is 1.66 bits per heavy atom. The third-order valence-electron chi connectivity index (χ3n) is 6.49. The zero-order valence-corrected chi connectivity index (χ0v) is 25.9. The fourth-order valence-electron chi connectivity index (χ4n) is 4.44. The molecule has 0 spiro atoms. The lowest BCUT2D eigenvalue weighted by molar-refractivity contribution is -0.141. The van der Waals surface area contributed by atoms with Crippen LogP contribution in [0.3, 0.4) is 0 Å². The van der Waals surface area contributed by atoms with Gasteiger partial charge < -0.3 is 15.0 Å². The van der Waals surface area contributed by atoms with E-state index in [0.717, 1.165) is 9.87 Å². The van der Waals surface area contributed by atoms with E-state index in [0.29, 0.717) is 22.8 Å². The van der Waals surface area contributed by atoms with Crippen molar-refractivity contribution in [2.45, 2.75) is 64.1 Å². The highest BCUT2D eigenvalue weighted by Gasteiger charge is 2.35. The Balaban J connectivity index is 2.11. The highest BCUT2D eigenvalue weighted by Crippen LogP contribution is 2.31. The van der Waals surface area contributed by atoms with E-state index in [1.54, 1.807) is 68.6 Å². The number of nitrogens with one attached hydrogen (secondary N) is 1. The lowest BCUT2D eigenvalue weighted by atomic mass is 10.1. The molecule has 0 heterocycles. The average Bonchev–Trinajstić information content (AvgIpc) is 2.92. The summed E-state index contributed by atoms with van der Waals surface area (Å²) >= 11 is 6.38. The maximum atomic E-state index is 14.2. The molecule has 0 saturated carbocycles. The van der Waals surface area contributed by atoms with Crippen molar-refractivity contribution >= 4 is 39.1 Å². The molecule has 8 nitrogen and oxygen atoms in total. The maximum absolute atomic E-state index is 14.2. The Morgan fingerprint density at radius 3 is 2.27 bits per heavy atom. The smallest absolute Gasteiger partial charge is 0.264 e. The maximum Gasteiger partial charge on any atom is 0.264 e. The number of amides is 2. The summed E-state index contributed by atoms with van der Waals surface area (Å²) in [6.07, 6.45) is 0.319. The number of hydrogen-bond acceptors (Lipinski definition) is 5. The first-order valence-electron chi connectivity index (χ1n) is 13.4. The molecule has 10 heteroatoms. The van der Waals surface area contributed by atoms with Crippen LogP contribution in [0.15, 0.2) is 77.7 Å². The molecule has 3 aromatic rings. The highest BCUT2D eigenvalue weighted by molar-refractivity contribution is 7.92. The average molecular weight is 600 g/mol. The molecule has 0 radical (unpaired) electrons. The minimum Gasteiger partial charge on any atom is -0.497 e. The van der Waals surface area contributed by atoms with Crippen molar-refractivity contribution in [1.82, 2.24) is 10.2 Å². The summed E-state index contributed by atoms with van der Waals surface area (Å²) in [4.78, 5) is 29.1. The Bertz CT molecular complexity index is 1470. The largest absolute Gasteiger partial charge is 0.497 e. The number of carbonyl (C=O) groups excluding carboxylic acids is 2. The van der Waals surface area contributed by atoms with Crippen molar-refractivity contribution in [1.29, 1.82) is 0 Å². The van der Waals surface area contributed by atoms with Gasteiger partial charge in [-0.15, -0.1) is 0 Å². The minimum absolute atomic E-state index is 0.0315. The van der Waals surface area contributed by atoms with Crippen molar-refractivity contribution < 1.29 is 22.7 Å². The number of rotatable bonds is 11. The zero-order valence-electron chi connectivity index (χ0n) is 24.3. The third kappa shape index (κ3) is 8.01. The molecular weight excluding hydrogens is 562 g/mol. The normalized spacial score (nSPS) is 12.4. The second-order valence-corrected chi connectivity index (χ2v) is 13.0. The van der Waals surface area contributed by atoms with Crippen molar-refractivity contribution in [2.75, 3.05) is 18.0 Å². The molecule has 41 heavy (non-hydrogen) atoms. The number of methoxy groups -OCH3 is 1. The number of carbonyl (C=O) groups is 2. The van der Waals surface area contributed by atoms with E-state index in [1.807, 2.05) is 33.8 Å². The molecule has 1 N–H and O–H groups in total. The van der Waals surface area contributed by atoms with Gasteiger partial charge in [-0.2, -0.15) is 0 Å². The second kappa shape index (κ2) is 13.4. The number of benzene rings is 3. The Hall–Kier alpha value is -3.56. The van der Waals surface area contributed by atoms with E-state index < -0.39 is 34.1 Å². The van der Waals surface area contributed by atoms with Gasteiger partial charge in [0.1, 0.15) is 18.3 Å². The molecule has 0 saturated heterocycles. The molecule has 0 fully saturated rings. The molecule has 0 aliphatic heterocycles. The van der Waals surface area contributed by atoms with Gasteiger partial charge >= 0.3 is 0 Å². The molecule has 0 bridgehead atoms. The van der Waals surface area contributed by atoms with Crippen LogP contribution in [0.25, 0.3) is 0 Å². The molecule has 0 aliphatic carbocycles. The van der Waals surface area contributed by atoms with E-state index in [4.69, 9.17) is 16.3 Å². The summed E-state index contributed by atoms with van der Waals surface area (Å²) in [6, 6.07) is 19.2. The molecular formula is C31H38ClN3O5S. The number of halogens is 1. The number of ether oxygens (including phenoxy) is 1. The summed E-state index contributed by atoms with van der Waals surface area (Å²) in [5.41, 5.74) is 0.994. The van der Waals surface area contributed by atoms with Crippen LogP contribution >= 0.6 is 11.6 Å². The van der Waals surface area contributed by atoms with Gasteiger partial charge in [0.25, 0.3) is 10.0 Å². The lowest BCUT2D eigenvalue weighted by Gasteiger charge is -2.35. The summed E-state index contributed by atoms with van der Waals surface area (Å²) in [5.74, 6) is -0.264. The van der Waals surface area contributed by atoms with E-state index in [9.17, 15) is 18.0 Å². The van der Waals surface area contributed by atoms with Gasteiger partial charge in [-0.25, -0.2) is 8.42 Å². The van der Waals surface area contributed by atoms with E-state index in [2.05, 4.69) is 5.32 Å². The van der Waals surface area contributed by atoms with Crippen LogP contribution < -0.4 is 14.4 Å². The van der Waals surface area contributed by atoms with Gasteiger partial charge in [0.2, 0.25) is 11.8 Å². The molecule has 1 atom stereocenters. The first-order valence-corrected chi connectivity index (χ1v) is 15.2. The lowest BCUT2D eigenvalue weighted by Crippen LogP contribution is -2.55. The number of sulfonamides is 1. The summed E-state index contributed by atoms with van der Waals surface area (Å²) in [5, 5.41) is 3.33. The van der Waals surface area contributed by atoms with Crippen LogP contribution in [-0.4, -0.2) is 50.4 Å². The fourth-order valence-corrected chi connectivity index (χ4v) is 6.10. The van der Waals surface area contributed by atoms with Crippen molar-refractivity contribution in [2.24, 2.45) is 0 Å². The van der Waals surface area contributed by atoms with E-state index >= 15 is 0 Å². The van der Waals surface area contributed by atoms with Crippen molar-refractivity contribution in [3.63, 3.8) is 0 Å². The Kier molecular flexibility index (Phi) is 10.4. The standard InChI is InChI=1S/C31H38ClN3O5S/c1-7-27(30(37)33-31(3,4)5)34(20-23-13-11-14-24(19-23)40-6)29(36)21-35(28-18-12-17-26(32)22(28)2)41(38,39)25-15-9-8-10-16-25/h8-19,27H,7,20-21H2,1-6H3,(H,33,37). The van der Waals surface area contributed by atoms with Crippen LogP contribution in [0.4, 0.5) is 5.69 Å². The third-order valence-corrected chi connectivity index (χ3v) is 8.67. The molecule has 220 valence electrons. The highest BCUT2D eigenvalue weighted by atomic mass is 35.5. The van der Waals surface area contributed by atoms with Crippen LogP contribution in [0, 0.1) is 6.92 Å². The topological polar surface area (TPSA) is 96.0 Å². The van der Waals surface area contributed by atoms with Crippen LogP contribution in [0.1, 0.15) is 45.2 Å². The van der Waals surface area contributed by atoms with Crippen molar-refractivity contribution in [3.8, 4) is 5.75 Å². The first-order chi connectivity index (χ1) is 19.3. The predicted molar refractivity (Wildman–Crippen MR) is 163 cm³/mol. The fraction of sp³-hybridized carbons (Fsp3) is 0.355. The molecule has 3 rings (SSSR count). The van der Waals surface area contributed by atoms with Gasteiger partial charge in [-0.3, -0.25) is 13.9 Å². The number of nitrogens with zero attached hydrogens (tertiary/aromatic N) is 2. The minimum atomic E-state index is -4.18. The monoisotopic (exact) mass is 599 g/mol. The van der Waals surface area contributed by atoms with E-state index in [1.165, 1.54) is 17.0 Å². The summed E-state index contributed by atoms with van der Waals surface area (Å²) in [6.45, 7) is 8.64. The Labute approximate surface area is 248 Å². The Morgan fingerprint density at radius 1 is 1.00 bits per heavy atom. The first kappa shape index (κ1) is 32.0. The van der Waals surface area contributed by atoms with Gasteiger partial charge in [0.05, 0.1) is 17.7 Å². The molecule has 1 unspecified atom stereocenters. The van der Waals surface area contributed by atoms with Gasteiger partial charge in [0.15, 0.2) is 0 Å². The van der Waals surface area contributed by atoms with Gasteiger partial charge in [-0.1, -0.05) is 54.9 Å². The van der Waals surface area contributed by atoms with Crippen LogP contribution in [-0.2, 0) is 26.2 Å². The summed E-state index contributed by atoms with van der Waals surface area (Å²) < 4.78 is 34.4. The van der Waals surface area contributed by atoms with Crippen LogP contribution in [0.2, 0.25) is 5.02 Å². The van der Waals surface area contributed by atoms with Crippen LogP contribution in [0.5, 0.6) is 5.75 Å². The van der Waals surface area contributed by atoms with E-state index in [-0.39, 0.29) is 23.0 Å². The number of anilines is 1. The molecule has 3 aromatic carbocycles. The van der Waals surface area contributed by atoms with Gasteiger partial charge in [-0.05, 0) is 81.6 Å². The summed E-state index contributed by atoms with van der Waals surface area (Å²) in [7, 11) is -2.63. The van der Waals surface area contributed by atoms with Gasteiger partial charge in [0, 0.05) is 17.1 Å². The molecule has 0 aromatic heterocycles. The van der Waals surface area contributed by atoms with Crippen molar-refractivity contribution in [3.05, 3.63) is 88.9 Å². The zero-order chi connectivity index (χ0) is 30.4.